The minimum Gasteiger partial charge on any atom is -0.453 e. The lowest BCUT2D eigenvalue weighted by Crippen LogP contribution is -2.27. The second kappa shape index (κ2) is 14.9. The van der Waals surface area contributed by atoms with Crippen LogP contribution in [0.25, 0.3) is 11.0 Å². The number of amides is 2. The number of anilines is 1. The standard InChI is InChI=1S/C24H30FN5O2S.C2H5NO2/c1-15(2)12-19-23-22(17(25)13-26-19)28-20(29-23)14-30-16(3)9-10-18(24(30)32)27-21(31)8-6-5-7-11-33-4;1-5-2(3)4/h7,9-11,13,15H,5-6,8,12,14H2,1-4H3,(H,27,31)(H,28,29);1H3,(H2,3,4)/b11-7+;. The molecule has 0 aromatic carbocycles. The number of H-pyrrole nitrogens is 1. The number of allylic oxidation sites excluding steroid dienone is 1. The van der Waals surface area contributed by atoms with Gasteiger partial charge in [0.25, 0.3) is 5.56 Å². The van der Waals surface area contributed by atoms with Crippen molar-refractivity contribution in [3.8, 4) is 0 Å². The molecule has 0 radical (unpaired) electrons. The Morgan fingerprint density at radius 3 is 2.68 bits per heavy atom. The molecule has 3 aromatic heterocycles. The summed E-state index contributed by atoms with van der Waals surface area (Å²) in [7, 11) is 1.22. The molecule has 10 nitrogen and oxygen atoms in total. The van der Waals surface area contributed by atoms with Gasteiger partial charge in [-0.15, -0.1) is 11.8 Å². The van der Waals surface area contributed by atoms with E-state index in [1.54, 1.807) is 30.8 Å². The third kappa shape index (κ3) is 9.02. The van der Waals surface area contributed by atoms with E-state index in [1.807, 2.05) is 17.7 Å². The quantitative estimate of drug-likeness (QED) is 0.317. The van der Waals surface area contributed by atoms with Gasteiger partial charge in [-0.2, -0.15) is 0 Å². The Bertz CT molecular complexity index is 1340. The highest BCUT2D eigenvalue weighted by Gasteiger charge is 2.16. The zero-order valence-electron chi connectivity index (χ0n) is 22.3. The maximum Gasteiger partial charge on any atom is 0.404 e. The Morgan fingerprint density at radius 1 is 1.34 bits per heavy atom. The van der Waals surface area contributed by atoms with Gasteiger partial charge in [0.15, 0.2) is 5.82 Å². The number of carbonyl (C=O) groups excluding carboxylic acids is 2. The van der Waals surface area contributed by atoms with Gasteiger partial charge in [0, 0.05) is 12.1 Å². The van der Waals surface area contributed by atoms with Crippen molar-refractivity contribution < 1.29 is 18.7 Å². The van der Waals surface area contributed by atoms with E-state index in [4.69, 9.17) is 0 Å². The number of rotatable bonds is 10. The van der Waals surface area contributed by atoms with Crippen LogP contribution >= 0.6 is 11.8 Å². The zero-order valence-corrected chi connectivity index (χ0v) is 23.2. The molecule has 0 saturated carbocycles. The van der Waals surface area contributed by atoms with Crippen LogP contribution < -0.4 is 16.6 Å². The maximum absolute atomic E-state index is 14.3. The minimum absolute atomic E-state index is 0.128. The molecule has 3 heterocycles. The van der Waals surface area contributed by atoms with Gasteiger partial charge in [-0.25, -0.2) is 14.2 Å². The number of halogens is 1. The zero-order chi connectivity index (χ0) is 28.2. The van der Waals surface area contributed by atoms with Crippen LogP contribution in [0.15, 0.2) is 34.6 Å². The number of nitrogens with two attached hydrogens (primary N) is 1. The van der Waals surface area contributed by atoms with Crippen molar-refractivity contribution in [3.63, 3.8) is 0 Å². The SMILES string of the molecule is COC(N)=O.CS/C=C/CCCC(=O)Nc1ccc(C)n(Cc2nc3c(F)cnc(CC(C)C)c3[nH]2)c1=O. The molecule has 0 saturated heterocycles. The molecule has 4 N–H and O–H groups in total. The first-order valence-electron chi connectivity index (χ1n) is 12.1. The lowest BCUT2D eigenvalue weighted by Gasteiger charge is -2.11. The Hall–Kier alpha value is -3.67. The summed E-state index contributed by atoms with van der Waals surface area (Å²) in [6.07, 6.45) is 6.99. The molecule has 38 heavy (non-hydrogen) atoms. The van der Waals surface area contributed by atoms with E-state index in [0.717, 1.165) is 12.1 Å². The van der Waals surface area contributed by atoms with Crippen molar-refractivity contribution in [2.24, 2.45) is 11.7 Å². The molecule has 2 amide bonds. The summed E-state index contributed by atoms with van der Waals surface area (Å²) < 4.78 is 19.7. The number of primary amides is 1. The number of thioether (sulfide) groups is 1. The van der Waals surface area contributed by atoms with Crippen LogP contribution in [0.1, 0.15) is 50.3 Å². The molecule has 0 spiro atoms. The Kier molecular flexibility index (Phi) is 12.0. The van der Waals surface area contributed by atoms with E-state index in [-0.39, 0.29) is 29.2 Å². The average Bonchev–Trinajstić information content (AvgIpc) is 3.30. The highest BCUT2D eigenvalue weighted by molar-refractivity contribution is 8.01. The van der Waals surface area contributed by atoms with Gasteiger partial charge >= 0.3 is 6.09 Å². The molecule has 0 unspecified atom stereocenters. The molecule has 12 heteroatoms. The van der Waals surface area contributed by atoms with Crippen LogP contribution in [0.2, 0.25) is 0 Å². The lowest BCUT2D eigenvalue weighted by molar-refractivity contribution is -0.116. The number of nitrogens with one attached hydrogen (secondary N) is 2. The maximum atomic E-state index is 14.3. The molecule has 206 valence electrons. The Morgan fingerprint density at radius 2 is 2.05 bits per heavy atom. The van der Waals surface area contributed by atoms with Crippen molar-refractivity contribution in [3.05, 3.63) is 63.2 Å². The van der Waals surface area contributed by atoms with Gasteiger partial charge in [0.2, 0.25) is 5.91 Å². The van der Waals surface area contributed by atoms with Gasteiger partial charge in [-0.3, -0.25) is 14.6 Å². The number of hydrogen-bond acceptors (Lipinski definition) is 7. The second-order valence-corrected chi connectivity index (χ2v) is 9.65. The number of ether oxygens (including phenoxy) is 1. The molecular weight excluding hydrogens is 511 g/mol. The molecule has 0 aliphatic rings. The number of imidazole rings is 1. The Labute approximate surface area is 225 Å². The van der Waals surface area contributed by atoms with Gasteiger partial charge in [0.1, 0.15) is 17.0 Å². The number of aromatic amines is 1. The van der Waals surface area contributed by atoms with Crippen LogP contribution in [-0.4, -0.2) is 44.9 Å². The van der Waals surface area contributed by atoms with Crippen molar-refractivity contribution >= 4 is 40.5 Å². The van der Waals surface area contributed by atoms with E-state index in [1.165, 1.54) is 17.9 Å². The number of aryl methyl sites for hydroxylation is 1. The molecule has 3 rings (SSSR count). The summed E-state index contributed by atoms with van der Waals surface area (Å²) >= 11 is 1.62. The molecule has 0 fully saturated rings. The van der Waals surface area contributed by atoms with Gasteiger partial charge in [-0.05, 0) is 55.9 Å². The monoisotopic (exact) mass is 546 g/mol. The van der Waals surface area contributed by atoms with Gasteiger partial charge < -0.3 is 25.3 Å². The number of aromatic nitrogens is 4. The van der Waals surface area contributed by atoms with Gasteiger partial charge in [0.05, 0.1) is 31.1 Å². The van der Waals surface area contributed by atoms with Crippen LogP contribution in [0.3, 0.4) is 0 Å². The van der Waals surface area contributed by atoms with Crippen molar-refractivity contribution in [2.45, 2.75) is 53.0 Å². The van der Waals surface area contributed by atoms with Gasteiger partial charge in [-0.1, -0.05) is 19.9 Å². The summed E-state index contributed by atoms with van der Waals surface area (Å²) in [6.45, 7) is 6.07. The summed E-state index contributed by atoms with van der Waals surface area (Å²) in [5, 5.41) is 4.71. The van der Waals surface area contributed by atoms with Crippen molar-refractivity contribution in [2.75, 3.05) is 18.7 Å². The molecule has 0 bridgehead atoms. The number of carbonyl (C=O) groups is 2. The fraction of sp³-hybridized carbons (Fsp3) is 0.423. The number of unbranched alkanes of at least 4 members (excludes halogenated alkanes) is 1. The van der Waals surface area contributed by atoms with E-state index >= 15 is 0 Å². The largest absolute Gasteiger partial charge is 0.453 e. The smallest absolute Gasteiger partial charge is 0.404 e. The van der Waals surface area contributed by atoms with E-state index in [9.17, 15) is 18.8 Å². The number of pyridine rings is 2. The first-order chi connectivity index (χ1) is 18.1. The topological polar surface area (TPSA) is 145 Å². The fourth-order valence-corrected chi connectivity index (χ4v) is 3.88. The van der Waals surface area contributed by atoms with Crippen LogP contribution in [0.5, 0.6) is 0 Å². The van der Waals surface area contributed by atoms with E-state index < -0.39 is 11.9 Å². The summed E-state index contributed by atoms with van der Waals surface area (Å²) in [6, 6.07) is 3.38. The summed E-state index contributed by atoms with van der Waals surface area (Å²) in [4.78, 5) is 46.4. The molecule has 0 aliphatic carbocycles. The number of nitrogens with zero attached hydrogens (tertiary/aromatic N) is 3. The van der Waals surface area contributed by atoms with Crippen LogP contribution in [0, 0.1) is 18.7 Å². The van der Waals surface area contributed by atoms with Crippen molar-refractivity contribution in [1.82, 2.24) is 19.5 Å². The first kappa shape index (κ1) is 30.6. The highest BCUT2D eigenvalue weighted by Crippen LogP contribution is 2.21. The first-order valence-corrected chi connectivity index (χ1v) is 13.4. The molecule has 0 aliphatic heterocycles. The summed E-state index contributed by atoms with van der Waals surface area (Å²) in [5.41, 5.74) is 6.56. The normalized spacial score (nSPS) is 11.0. The fourth-order valence-electron chi connectivity index (χ4n) is 3.55. The van der Waals surface area contributed by atoms with Crippen molar-refractivity contribution in [1.29, 1.82) is 0 Å². The summed E-state index contributed by atoms with van der Waals surface area (Å²) in [5.74, 6) is 0.105. The Balaban J connectivity index is 0.000000926. The van der Waals surface area contributed by atoms with Crippen LogP contribution in [-0.2, 0) is 22.5 Å². The predicted molar refractivity (Wildman–Crippen MR) is 149 cm³/mol. The third-order valence-corrected chi connectivity index (χ3v) is 5.85. The van der Waals surface area contributed by atoms with E-state index in [2.05, 4.69) is 44.6 Å². The second-order valence-electron chi connectivity index (χ2n) is 8.91. The third-order valence-electron chi connectivity index (χ3n) is 5.39. The minimum atomic E-state index is -0.745. The lowest BCUT2D eigenvalue weighted by atomic mass is 10.1. The molecule has 3 aromatic rings. The van der Waals surface area contributed by atoms with E-state index in [0.29, 0.717) is 42.2 Å². The number of methoxy groups -OCH3 is 1. The predicted octanol–water partition coefficient (Wildman–Crippen LogP) is 4.51. The average molecular weight is 547 g/mol. The van der Waals surface area contributed by atoms with Crippen LogP contribution in [0.4, 0.5) is 14.9 Å². The molecular formula is C26H35FN6O4S. The number of fused-ring (bicyclic) bond motifs is 1. The molecule has 0 atom stereocenters. The number of hydrogen-bond donors (Lipinski definition) is 3. The highest BCUT2D eigenvalue weighted by atomic mass is 32.2.